The number of nitrogens with zero attached hydrogens (tertiary/aromatic N) is 1. The van der Waals surface area contributed by atoms with Crippen LogP contribution in [0.3, 0.4) is 0 Å². The summed E-state index contributed by atoms with van der Waals surface area (Å²) in [4.78, 5) is 3.75. The van der Waals surface area contributed by atoms with Gasteiger partial charge in [0.1, 0.15) is 0 Å². The van der Waals surface area contributed by atoms with Gasteiger partial charge in [-0.2, -0.15) is 0 Å². The van der Waals surface area contributed by atoms with Gasteiger partial charge < -0.3 is 10.1 Å². The lowest BCUT2D eigenvalue weighted by Crippen LogP contribution is -2.23. The molecule has 0 spiro atoms. The smallest absolute Gasteiger partial charge is 0.0589 e. The fourth-order valence-electron chi connectivity index (χ4n) is 2.22. The van der Waals surface area contributed by atoms with Gasteiger partial charge in [-0.15, -0.1) is 11.3 Å². The predicted octanol–water partition coefficient (Wildman–Crippen LogP) is 2.70. The van der Waals surface area contributed by atoms with Crippen molar-refractivity contribution in [2.75, 3.05) is 34.4 Å². The van der Waals surface area contributed by atoms with Crippen LogP contribution < -0.4 is 5.32 Å². The summed E-state index contributed by atoms with van der Waals surface area (Å²) in [6, 6.07) is 8.67. The maximum atomic E-state index is 5.15. The van der Waals surface area contributed by atoms with E-state index in [2.05, 4.69) is 41.5 Å². The van der Waals surface area contributed by atoms with Crippen LogP contribution in [0.4, 0.5) is 0 Å². The monoisotopic (exact) mass is 278 g/mol. The van der Waals surface area contributed by atoms with E-state index in [-0.39, 0.29) is 0 Å². The number of methoxy groups -OCH3 is 1. The Balaban J connectivity index is 2.25. The number of fused-ring (bicyclic) bond motifs is 1. The molecule has 2 rings (SSSR count). The molecule has 3 nitrogen and oxygen atoms in total. The highest BCUT2D eigenvalue weighted by Crippen LogP contribution is 2.31. The highest BCUT2D eigenvalue weighted by atomic mass is 32.1. The summed E-state index contributed by atoms with van der Waals surface area (Å²) < 4.78 is 6.52. The number of benzene rings is 1. The Morgan fingerprint density at radius 2 is 2.11 bits per heavy atom. The maximum absolute atomic E-state index is 5.15. The molecule has 0 radical (unpaired) electrons. The van der Waals surface area contributed by atoms with Crippen LogP contribution in [0.2, 0.25) is 0 Å². The minimum atomic E-state index is 0.778. The number of likely N-dealkylation sites (N-methyl/N-ethyl adjacent to an activating group) is 1. The zero-order valence-corrected chi connectivity index (χ0v) is 12.7. The SMILES string of the molecule is CNCc1sc2ccccc2c1CN(C)CCOC. The van der Waals surface area contributed by atoms with Crippen LogP contribution in [-0.2, 0) is 17.8 Å². The lowest BCUT2D eigenvalue weighted by Gasteiger charge is -2.17. The standard InChI is InChI=1S/C15H22N2OS/c1-16-10-15-13(11-17(2)8-9-18-3)12-6-4-5-7-14(12)19-15/h4-7,16H,8-11H2,1-3H3. The van der Waals surface area contributed by atoms with E-state index < -0.39 is 0 Å². The summed E-state index contributed by atoms with van der Waals surface area (Å²) in [5.41, 5.74) is 1.45. The fraction of sp³-hybridized carbons (Fsp3) is 0.467. The van der Waals surface area contributed by atoms with E-state index in [4.69, 9.17) is 4.74 Å². The van der Waals surface area contributed by atoms with Gasteiger partial charge in [0.15, 0.2) is 0 Å². The van der Waals surface area contributed by atoms with Crippen molar-refractivity contribution >= 4 is 21.4 Å². The summed E-state index contributed by atoms with van der Waals surface area (Å²) >= 11 is 1.89. The Bertz CT molecular complexity index is 524. The third-order valence-electron chi connectivity index (χ3n) is 3.22. The molecule has 0 aliphatic heterocycles. The fourth-order valence-corrected chi connectivity index (χ4v) is 3.45. The molecule has 0 atom stereocenters. The van der Waals surface area contributed by atoms with Crippen molar-refractivity contribution in [3.8, 4) is 0 Å². The molecule has 1 aromatic carbocycles. The molecule has 1 aromatic heterocycles. The van der Waals surface area contributed by atoms with Gasteiger partial charge in [0.2, 0.25) is 0 Å². The normalized spacial score (nSPS) is 11.6. The van der Waals surface area contributed by atoms with Gasteiger partial charge in [-0.25, -0.2) is 0 Å². The van der Waals surface area contributed by atoms with Gasteiger partial charge in [-0.1, -0.05) is 18.2 Å². The lowest BCUT2D eigenvalue weighted by atomic mass is 10.1. The van der Waals surface area contributed by atoms with E-state index in [1.54, 1.807) is 7.11 Å². The highest BCUT2D eigenvalue weighted by molar-refractivity contribution is 7.19. The van der Waals surface area contributed by atoms with Crippen LogP contribution in [0.1, 0.15) is 10.4 Å². The molecule has 0 fully saturated rings. The molecule has 0 unspecified atom stereocenters. The Morgan fingerprint density at radius 1 is 1.32 bits per heavy atom. The van der Waals surface area contributed by atoms with Gasteiger partial charge in [-0.05, 0) is 31.1 Å². The first-order valence-electron chi connectivity index (χ1n) is 6.57. The first-order valence-corrected chi connectivity index (χ1v) is 7.39. The van der Waals surface area contributed by atoms with Gasteiger partial charge in [0.05, 0.1) is 6.61 Å². The number of thiophene rings is 1. The minimum Gasteiger partial charge on any atom is -0.383 e. The molecular weight excluding hydrogens is 256 g/mol. The van der Waals surface area contributed by atoms with Crippen molar-refractivity contribution < 1.29 is 4.74 Å². The van der Waals surface area contributed by atoms with Gasteiger partial charge >= 0.3 is 0 Å². The van der Waals surface area contributed by atoms with Gasteiger partial charge in [0.25, 0.3) is 0 Å². The number of ether oxygens (including phenoxy) is 1. The molecule has 2 aromatic rings. The van der Waals surface area contributed by atoms with Crippen LogP contribution in [-0.4, -0.2) is 39.3 Å². The largest absolute Gasteiger partial charge is 0.383 e. The second-order valence-electron chi connectivity index (χ2n) is 4.76. The van der Waals surface area contributed by atoms with Crippen LogP contribution >= 0.6 is 11.3 Å². The number of rotatable bonds is 7. The predicted molar refractivity (Wildman–Crippen MR) is 82.8 cm³/mol. The van der Waals surface area contributed by atoms with Crippen molar-refractivity contribution in [2.24, 2.45) is 0 Å². The van der Waals surface area contributed by atoms with Crippen LogP contribution in [0.15, 0.2) is 24.3 Å². The topological polar surface area (TPSA) is 24.5 Å². The summed E-state index contributed by atoms with van der Waals surface area (Å²) in [6.45, 7) is 3.65. The van der Waals surface area contributed by atoms with Crippen LogP contribution in [0.25, 0.3) is 10.1 Å². The van der Waals surface area contributed by atoms with E-state index in [0.29, 0.717) is 0 Å². The summed E-state index contributed by atoms with van der Waals surface area (Å²) in [5.74, 6) is 0. The zero-order valence-electron chi connectivity index (χ0n) is 11.9. The molecule has 0 bridgehead atoms. The average Bonchev–Trinajstić information content (AvgIpc) is 2.75. The van der Waals surface area contributed by atoms with Crippen molar-refractivity contribution in [1.82, 2.24) is 10.2 Å². The zero-order chi connectivity index (χ0) is 13.7. The molecule has 0 aliphatic rings. The van der Waals surface area contributed by atoms with Gasteiger partial charge in [0, 0.05) is 36.3 Å². The number of nitrogens with one attached hydrogen (secondary N) is 1. The minimum absolute atomic E-state index is 0.778. The first-order chi connectivity index (χ1) is 9.26. The quantitative estimate of drug-likeness (QED) is 0.843. The third-order valence-corrected chi connectivity index (χ3v) is 4.44. The molecule has 0 amide bonds. The summed E-state index contributed by atoms with van der Waals surface area (Å²) in [6.07, 6.45) is 0. The van der Waals surface area contributed by atoms with Gasteiger partial charge in [-0.3, -0.25) is 4.90 Å². The second kappa shape index (κ2) is 7.01. The van der Waals surface area contributed by atoms with Crippen LogP contribution in [0, 0.1) is 0 Å². The van der Waals surface area contributed by atoms with E-state index in [1.165, 1.54) is 20.5 Å². The molecule has 0 saturated heterocycles. The molecule has 0 saturated carbocycles. The summed E-state index contributed by atoms with van der Waals surface area (Å²) in [7, 11) is 5.90. The van der Waals surface area contributed by atoms with E-state index in [9.17, 15) is 0 Å². The van der Waals surface area contributed by atoms with E-state index in [1.807, 2.05) is 18.4 Å². The van der Waals surface area contributed by atoms with E-state index >= 15 is 0 Å². The van der Waals surface area contributed by atoms with Crippen molar-refractivity contribution in [1.29, 1.82) is 0 Å². The molecule has 1 N–H and O–H groups in total. The molecule has 1 heterocycles. The molecule has 19 heavy (non-hydrogen) atoms. The number of hydrogen-bond donors (Lipinski definition) is 1. The van der Waals surface area contributed by atoms with Crippen molar-refractivity contribution in [3.63, 3.8) is 0 Å². The first kappa shape index (κ1) is 14.5. The lowest BCUT2D eigenvalue weighted by molar-refractivity contribution is 0.159. The summed E-state index contributed by atoms with van der Waals surface area (Å²) in [5, 5.41) is 4.66. The Kier molecular flexibility index (Phi) is 5.34. The van der Waals surface area contributed by atoms with Crippen molar-refractivity contribution in [2.45, 2.75) is 13.1 Å². The molecule has 104 valence electrons. The molecular formula is C15H22N2OS. The number of hydrogen-bond acceptors (Lipinski definition) is 4. The highest BCUT2D eigenvalue weighted by Gasteiger charge is 2.12. The molecule has 4 heteroatoms. The van der Waals surface area contributed by atoms with E-state index in [0.717, 1.165) is 26.2 Å². The maximum Gasteiger partial charge on any atom is 0.0589 e. The van der Waals surface area contributed by atoms with Crippen molar-refractivity contribution in [3.05, 3.63) is 34.7 Å². The third kappa shape index (κ3) is 3.54. The Morgan fingerprint density at radius 3 is 2.84 bits per heavy atom. The Hall–Kier alpha value is -0.940. The molecule has 0 aliphatic carbocycles. The Labute approximate surface area is 119 Å². The second-order valence-corrected chi connectivity index (χ2v) is 5.90. The van der Waals surface area contributed by atoms with Crippen LogP contribution in [0.5, 0.6) is 0 Å². The average molecular weight is 278 g/mol.